The zero-order chi connectivity index (χ0) is 9.26. The maximum atomic E-state index is 2.35. The first-order valence-corrected chi connectivity index (χ1v) is 6.02. The first-order valence-electron chi connectivity index (χ1n) is 4.07. The Morgan fingerprint density at radius 1 is 1.08 bits per heavy atom. The van der Waals surface area contributed by atoms with Crippen molar-refractivity contribution in [3.63, 3.8) is 0 Å². The van der Waals surface area contributed by atoms with Gasteiger partial charge < -0.3 is 0 Å². The van der Waals surface area contributed by atoms with Crippen LogP contribution in [0.25, 0.3) is 11.1 Å². The fourth-order valence-electron chi connectivity index (χ4n) is 1.21. The van der Waals surface area contributed by atoms with E-state index >= 15 is 0 Å². The van der Waals surface area contributed by atoms with E-state index in [1.54, 1.807) is 11.3 Å². The molecule has 0 saturated heterocycles. The van der Waals surface area contributed by atoms with Gasteiger partial charge in [0.15, 0.2) is 0 Å². The van der Waals surface area contributed by atoms with Crippen LogP contribution in [0, 0.1) is 9.81 Å². The van der Waals surface area contributed by atoms with Crippen molar-refractivity contribution in [3.05, 3.63) is 44.2 Å². The van der Waals surface area contributed by atoms with E-state index in [1.165, 1.54) is 19.6 Å². The van der Waals surface area contributed by atoms with E-state index in [1.807, 2.05) is 0 Å². The minimum atomic E-state index is 1.31. The van der Waals surface area contributed by atoms with Gasteiger partial charge in [-0.15, -0.1) is 11.3 Å². The van der Waals surface area contributed by atoms with E-state index in [0.29, 0.717) is 0 Å². The molecule has 2 heteroatoms. The van der Waals surface area contributed by atoms with E-state index in [0.717, 1.165) is 0 Å². The number of halogens is 1. The van der Waals surface area contributed by atoms with E-state index in [4.69, 9.17) is 0 Å². The van der Waals surface area contributed by atoms with E-state index < -0.39 is 0 Å². The zero-order valence-corrected chi connectivity index (χ0v) is 10.2. The molecule has 0 atom stereocenters. The molecule has 0 aliphatic carbocycles. The number of hydrogen-bond donors (Lipinski definition) is 0. The summed E-state index contributed by atoms with van der Waals surface area (Å²) in [5.74, 6) is 0. The highest BCUT2D eigenvalue weighted by Crippen LogP contribution is 2.26. The minimum Gasteiger partial charge on any atom is -0.137 e. The topological polar surface area (TPSA) is 0 Å². The van der Waals surface area contributed by atoms with E-state index in [-0.39, 0.29) is 0 Å². The highest BCUT2D eigenvalue weighted by molar-refractivity contribution is 14.1. The molecule has 0 amide bonds. The third-order valence-corrected chi connectivity index (χ3v) is 3.74. The smallest absolute Gasteiger partial charge is 0.0659 e. The van der Waals surface area contributed by atoms with Crippen molar-refractivity contribution < 1.29 is 0 Å². The molecule has 0 bridgehead atoms. The Hall–Kier alpha value is -0.350. The molecule has 0 spiro atoms. The lowest BCUT2D eigenvalue weighted by atomic mass is 10.1. The summed E-state index contributed by atoms with van der Waals surface area (Å²) in [6, 6.07) is 10.9. The third kappa shape index (κ3) is 2.11. The van der Waals surface area contributed by atoms with Crippen LogP contribution in [0.3, 0.4) is 0 Å². The Morgan fingerprint density at radius 2 is 1.77 bits per heavy atom. The first kappa shape index (κ1) is 9.21. The summed E-state index contributed by atoms with van der Waals surface area (Å²) in [4.78, 5) is 0. The normalized spacial score (nSPS) is 10.3. The minimum absolute atomic E-state index is 1.31. The molecule has 1 aromatic carbocycles. The van der Waals surface area contributed by atoms with Crippen LogP contribution in [0.5, 0.6) is 0 Å². The van der Waals surface area contributed by atoms with Gasteiger partial charge in [0.2, 0.25) is 0 Å². The van der Waals surface area contributed by atoms with Crippen LogP contribution in [0.4, 0.5) is 0 Å². The molecule has 0 unspecified atom stereocenters. The molecule has 0 aliphatic heterocycles. The Bertz CT molecular complexity index is 400. The van der Waals surface area contributed by atoms with Crippen molar-refractivity contribution >= 4 is 33.9 Å². The van der Waals surface area contributed by atoms with Crippen molar-refractivity contribution in [2.75, 3.05) is 0 Å². The molecule has 0 N–H and O–H groups in total. The fraction of sp³-hybridized carbons (Fsp3) is 0.0909. The van der Waals surface area contributed by atoms with Gasteiger partial charge in [-0.1, -0.05) is 29.8 Å². The first-order chi connectivity index (χ1) is 6.25. The van der Waals surface area contributed by atoms with Crippen molar-refractivity contribution in [1.82, 2.24) is 0 Å². The van der Waals surface area contributed by atoms with Gasteiger partial charge in [-0.2, -0.15) is 0 Å². The molecule has 1 heterocycles. The lowest BCUT2D eigenvalue weighted by Crippen LogP contribution is -1.74. The molecular formula is C11H9IS. The molecule has 0 aliphatic rings. The summed E-state index contributed by atoms with van der Waals surface area (Å²) in [7, 11) is 0. The molecular weight excluding hydrogens is 291 g/mol. The summed E-state index contributed by atoms with van der Waals surface area (Å²) in [5.41, 5.74) is 3.95. The second-order valence-electron chi connectivity index (χ2n) is 3.01. The zero-order valence-electron chi connectivity index (χ0n) is 7.25. The van der Waals surface area contributed by atoms with Crippen molar-refractivity contribution in [2.45, 2.75) is 6.92 Å². The van der Waals surface area contributed by atoms with Gasteiger partial charge in [0.05, 0.1) is 2.88 Å². The predicted molar refractivity (Wildman–Crippen MR) is 67.2 cm³/mol. The maximum Gasteiger partial charge on any atom is 0.0659 e. The molecule has 0 fully saturated rings. The summed E-state index contributed by atoms with van der Waals surface area (Å²) in [5, 5.41) is 2.20. The van der Waals surface area contributed by atoms with Crippen molar-refractivity contribution in [2.24, 2.45) is 0 Å². The Kier molecular flexibility index (Phi) is 2.69. The second kappa shape index (κ2) is 3.80. The number of benzene rings is 1. The predicted octanol–water partition coefficient (Wildman–Crippen LogP) is 4.33. The molecule has 2 rings (SSSR count). The lowest BCUT2D eigenvalue weighted by molar-refractivity contribution is 1.47. The number of rotatable bonds is 1. The maximum absolute atomic E-state index is 2.35. The lowest BCUT2D eigenvalue weighted by Gasteiger charge is -1.97. The van der Waals surface area contributed by atoms with Crippen molar-refractivity contribution in [1.29, 1.82) is 0 Å². The second-order valence-corrected chi connectivity index (χ2v) is 5.81. The van der Waals surface area contributed by atoms with Crippen LogP contribution in [-0.4, -0.2) is 0 Å². The van der Waals surface area contributed by atoms with Crippen LogP contribution in [0.15, 0.2) is 35.7 Å². The van der Waals surface area contributed by atoms with Gasteiger partial charge >= 0.3 is 0 Å². The largest absolute Gasteiger partial charge is 0.137 e. The number of hydrogen-bond acceptors (Lipinski definition) is 1. The van der Waals surface area contributed by atoms with Crippen LogP contribution in [-0.2, 0) is 0 Å². The molecule has 2 aromatic rings. The average Bonchev–Trinajstić information content (AvgIpc) is 2.53. The van der Waals surface area contributed by atoms with Gasteiger partial charge in [-0.05, 0) is 52.1 Å². The summed E-state index contributed by atoms with van der Waals surface area (Å²) in [6.45, 7) is 2.11. The SMILES string of the molecule is Cc1ccc(-c2csc(I)c2)cc1. The number of aryl methyl sites for hydroxylation is 1. The van der Waals surface area contributed by atoms with E-state index in [2.05, 4.69) is 65.2 Å². The molecule has 0 nitrogen and oxygen atoms in total. The van der Waals surface area contributed by atoms with Gasteiger partial charge in [-0.25, -0.2) is 0 Å². The average molecular weight is 300 g/mol. The molecule has 1 aromatic heterocycles. The molecule has 0 saturated carbocycles. The standard InChI is InChI=1S/C11H9IS/c1-8-2-4-9(5-3-8)10-6-11(12)13-7-10/h2-7H,1H3. The number of thiophene rings is 1. The Balaban J connectivity index is 2.41. The summed E-state index contributed by atoms with van der Waals surface area (Å²) in [6.07, 6.45) is 0. The summed E-state index contributed by atoms with van der Waals surface area (Å²) < 4.78 is 1.34. The fourth-order valence-corrected chi connectivity index (χ4v) is 2.56. The Labute approximate surface area is 95.8 Å². The van der Waals surface area contributed by atoms with Crippen LogP contribution in [0.1, 0.15) is 5.56 Å². The van der Waals surface area contributed by atoms with Crippen molar-refractivity contribution in [3.8, 4) is 11.1 Å². The van der Waals surface area contributed by atoms with Gasteiger partial charge in [0, 0.05) is 0 Å². The van der Waals surface area contributed by atoms with Gasteiger partial charge in [0.1, 0.15) is 0 Å². The third-order valence-electron chi connectivity index (χ3n) is 1.95. The van der Waals surface area contributed by atoms with Crippen LogP contribution in [0.2, 0.25) is 0 Å². The molecule has 13 heavy (non-hydrogen) atoms. The quantitative estimate of drug-likeness (QED) is 0.688. The monoisotopic (exact) mass is 300 g/mol. The molecule has 0 radical (unpaired) electrons. The van der Waals surface area contributed by atoms with Gasteiger partial charge in [-0.3, -0.25) is 0 Å². The highest BCUT2D eigenvalue weighted by atomic mass is 127. The summed E-state index contributed by atoms with van der Waals surface area (Å²) >= 11 is 4.14. The highest BCUT2D eigenvalue weighted by Gasteiger charge is 1.99. The van der Waals surface area contributed by atoms with Crippen LogP contribution < -0.4 is 0 Å². The van der Waals surface area contributed by atoms with E-state index in [9.17, 15) is 0 Å². The molecule has 66 valence electrons. The van der Waals surface area contributed by atoms with Crippen LogP contribution >= 0.6 is 33.9 Å². The Morgan fingerprint density at radius 3 is 2.31 bits per heavy atom. The van der Waals surface area contributed by atoms with Gasteiger partial charge in [0.25, 0.3) is 0 Å².